The lowest BCUT2D eigenvalue weighted by Gasteiger charge is -2.08. The minimum absolute atomic E-state index is 0.262. The molecule has 124 valence electrons. The van der Waals surface area contributed by atoms with E-state index in [-0.39, 0.29) is 11.6 Å². The van der Waals surface area contributed by atoms with Crippen molar-refractivity contribution in [1.82, 2.24) is 15.3 Å². The summed E-state index contributed by atoms with van der Waals surface area (Å²) in [5.74, 6) is -0.413. The maximum absolute atomic E-state index is 12.0. The molecule has 0 saturated heterocycles. The molecule has 1 aromatic heterocycles. The van der Waals surface area contributed by atoms with Gasteiger partial charge in [0.05, 0.1) is 12.7 Å². The van der Waals surface area contributed by atoms with E-state index in [1.807, 2.05) is 0 Å². The van der Waals surface area contributed by atoms with Crippen LogP contribution in [0.15, 0.2) is 43.0 Å². The number of carbonyl (C=O) groups excluding carboxylic acids is 2. The third kappa shape index (κ3) is 4.39. The molecule has 0 aliphatic heterocycles. The zero-order valence-corrected chi connectivity index (χ0v) is 13.5. The van der Waals surface area contributed by atoms with Crippen molar-refractivity contribution in [3.63, 3.8) is 0 Å². The SMILES string of the molecule is C=CCNC(=O)c1cc(C)nc(Nc2ccc(C(=O)OC)cc2)n1. The molecule has 7 nitrogen and oxygen atoms in total. The first-order valence-electron chi connectivity index (χ1n) is 7.23. The van der Waals surface area contributed by atoms with Gasteiger partial charge >= 0.3 is 5.97 Å². The monoisotopic (exact) mass is 326 g/mol. The van der Waals surface area contributed by atoms with Crippen LogP contribution in [0.4, 0.5) is 11.6 Å². The molecule has 0 fully saturated rings. The molecule has 0 aliphatic rings. The van der Waals surface area contributed by atoms with Gasteiger partial charge in [0.25, 0.3) is 5.91 Å². The summed E-state index contributed by atoms with van der Waals surface area (Å²) in [6, 6.07) is 8.26. The second kappa shape index (κ2) is 7.87. The summed E-state index contributed by atoms with van der Waals surface area (Å²) in [5.41, 5.74) is 2.05. The minimum Gasteiger partial charge on any atom is -0.465 e. The Hall–Kier alpha value is -3.22. The van der Waals surface area contributed by atoms with Crippen LogP contribution in [0.3, 0.4) is 0 Å². The Balaban J connectivity index is 2.17. The number of methoxy groups -OCH3 is 1. The Morgan fingerprint density at radius 1 is 1.25 bits per heavy atom. The van der Waals surface area contributed by atoms with Crippen LogP contribution in [0.25, 0.3) is 0 Å². The predicted octanol–water partition coefficient (Wildman–Crippen LogP) is 2.23. The molecule has 0 aliphatic carbocycles. The predicted molar refractivity (Wildman–Crippen MR) is 90.4 cm³/mol. The number of hydrogen-bond acceptors (Lipinski definition) is 6. The number of nitrogens with zero attached hydrogens (tertiary/aromatic N) is 2. The molecule has 24 heavy (non-hydrogen) atoms. The number of amides is 1. The van der Waals surface area contributed by atoms with Gasteiger partial charge in [-0.3, -0.25) is 4.79 Å². The lowest BCUT2D eigenvalue weighted by molar-refractivity contribution is 0.0600. The van der Waals surface area contributed by atoms with E-state index in [9.17, 15) is 9.59 Å². The third-order valence-corrected chi connectivity index (χ3v) is 3.06. The van der Waals surface area contributed by atoms with Crippen molar-refractivity contribution < 1.29 is 14.3 Å². The Morgan fingerprint density at radius 2 is 1.96 bits per heavy atom. The number of ether oxygens (including phenoxy) is 1. The van der Waals surface area contributed by atoms with E-state index in [0.29, 0.717) is 29.4 Å². The fourth-order valence-electron chi connectivity index (χ4n) is 1.93. The molecule has 1 aromatic carbocycles. The van der Waals surface area contributed by atoms with E-state index in [1.165, 1.54) is 7.11 Å². The number of esters is 1. The van der Waals surface area contributed by atoms with Crippen molar-refractivity contribution in [2.24, 2.45) is 0 Å². The Morgan fingerprint density at radius 3 is 2.58 bits per heavy atom. The summed E-state index contributed by atoms with van der Waals surface area (Å²) >= 11 is 0. The second-order valence-electron chi connectivity index (χ2n) is 4.91. The van der Waals surface area contributed by atoms with Gasteiger partial charge in [0, 0.05) is 17.9 Å². The summed E-state index contributed by atoms with van der Waals surface area (Å²) in [7, 11) is 1.33. The first-order chi connectivity index (χ1) is 11.5. The van der Waals surface area contributed by atoms with Crippen molar-refractivity contribution in [2.75, 3.05) is 19.0 Å². The quantitative estimate of drug-likeness (QED) is 0.624. The van der Waals surface area contributed by atoms with Crippen molar-refractivity contribution in [1.29, 1.82) is 0 Å². The second-order valence-corrected chi connectivity index (χ2v) is 4.91. The Labute approximate surface area is 139 Å². The number of anilines is 2. The van der Waals surface area contributed by atoms with Crippen LogP contribution in [-0.4, -0.2) is 35.5 Å². The van der Waals surface area contributed by atoms with Crippen molar-refractivity contribution in [3.05, 3.63) is 59.9 Å². The number of carbonyl (C=O) groups is 2. The lowest BCUT2D eigenvalue weighted by Crippen LogP contribution is -2.24. The highest BCUT2D eigenvalue weighted by molar-refractivity contribution is 5.92. The van der Waals surface area contributed by atoms with Gasteiger partial charge < -0.3 is 15.4 Å². The van der Waals surface area contributed by atoms with E-state index < -0.39 is 5.97 Å². The van der Waals surface area contributed by atoms with E-state index in [2.05, 4.69) is 31.9 Å². The number of aryl methyl sites for hydroxylation is 1. The highest BCUT2D eigenvalue weighted by Crippen LogP contribution is 2.15. The number of rotatable bonds is 6. The zero-order valence-electron chi connectivity index (χ0n) is 13.5. The topological polar surface area (TPSA) is 93.2 Å². The first-order valence-corrected chi connectivity index (χ1v) is 7.23. The van der Waals surface area contributed by atoms with Gasteiger partial charge in [-0.1, -0.05) is 6.08 Å². The van der Waals surface area contributed by atoms with Crippen LogP contribution in [0.1, 0.15) is 26.5 Å². The first kappa shape index (κ1) is 17.1. The largest absolute Gasteiger partial charge is 0.465 e. The molecule has 0 spiro atoms. The van der Waals surface area contributed by atoms with Crippen molar-refractivity contribution in [2.45, 2.75) is 6.92 Å². The minimum atomic E-state index is -0.408. The smallest absolute Gasteiger partial charge is 0.337 e. The summed E-state index contributed by atoms with van der Waals surface area (Å²) in [6.07, 6.45) is 1.59. The van der Waals surface area contributed by atoms with Crippen LogP contribution < -0.4 is 10.6 Å². The maximum atomic E-state index is 12.0. The van der Waals surface area contributed by atoms with Gasteiger partial charge in [0.15, 0.2) is 0 Å². The van der Waals surface area contributed by atoms with E-state index in [4.69, 9.17) is 0 Å². The van der Waals surface area contributed by atoms with Crippen LogP contribution in [0.2, 0.25) is 0 Å². The van der Waals surface area contributed by atoms with Gasteiger partial charge in [-0.2, -0.15) is 0 Å². The number of benzene rings is 1. The summed E-state index contributed by atoms with van der Waals surface area (Å²) in [5, 5.41) is 5.67. The summed E-state index contributed by atoms with van der Waals surface area (Å²) in [6.45, 7) is 5.69. The summed E-state index contributed by atoms with van der Waals surface area (Å²) < 4.78 is 4.65. The summed E-state index contributed by atoms with van der Waals surface area (Å²) in [4.78, 5) is 31.8. The molecule has 7 heteroatoms. The Bertz CT molecular complexity index is 757. The molecular weight excluding hydrogens is 308 g/mol. The average Bonchev–Trinajstić information content (AvgIpc) is 2.59. The lowest BCUT2D eigenvalue weighted by atomic mass is 10.2. The highest BCUT2D eigenvalue weighted by atomic mass is 16.5. The van der Waals surface area contributed by atoms with E-state index >= 15 is 0 Å². The van der Waals surface area contributed by atoms with Crippen LogP contribution >= 0.6 is 0 Å². The van der Waals surface area contributed by atoms with Crippen LogP contribution in [-0.2, 0) is 4.74 Å². The highest BCUT2D eigenvalue weighted by Gasteiger charge is 2.10. The molecule has 1 amide bonds. The van der Waals surface area contributed by atoms with E-state index in [0.717, 1.165) is 0 Å². The molecule has 1 heterocycles. The molecule has 2 rings (SSSR count). The van der Waals surface area contributed by atoms with Gasteiger partial charge in [-0.25, -0.2) is 14.8 Å². The molecule has 0 saturated carbocycles. The molecule has 0 unspecified atom stereocenters. The van der Waals surface area contributed by atoms with E-state index in [1.54, 1.807) is 43.3 Å². The van der Waals surface area contributed by atoms with Crippen molar-refractivity contribution in [3.8, 4) is 0 Å². The molecule has 0 bridgehead atoms. The normalized spacial score (nSPS) is 9.92. The fraction of sp³-hybridized carbons (Fsp3) is 0.176. The van der Waals surface area contributed by atoms with Gasteiger partial charge in [-0.05, 0) is 37.3 Å². The number of hydrogen-bond donors (Lipinski definition) is 2. The number of aromatic nitrogens is 2. The average molecular weight is 326 g/mol. The number of nitrogens with one attached hydrogen (secondary N) is 2. The van der Waals surface area contributed by atoms with Crippen LogP contribution in [0, 0.1) is 6.92 Å². The fourth-order valence-corrected chi connectivity index (χ4v) is 1.93. The molecular formula is C17H18N4O3. The zero-order chi connectivity index (χ0) is 17.5. The van der Waals surface area contributed by atoms with Gasteiger partial charge in [0.1, 0.15) is 5.69 Å². The standard InChI is InChI=1S/C17H18N4O3/c1-4-9-18-15(22)14-10-11(2)19-17(21-14)20-13-7-5-12(6-8-13)16(23)24-3/h4-8,10H,1,9H2,2-3H3,(H,18,22)(H,19,20,21). The molecule has 2 N–H and O–H groups in total. The maximum Gasteiger partial charge on any atom is 0.337 e. The van der Waals surface area contributed by atoms with Crippen LogP contribution in [0.5, 0.6) is 0 Å². The molecule has 0 atom stereocenters. The van der Waals surface area contributed by atoms with Gasteiger partial charge in [-0.15, -0.1) is 6.58 Å². The van der Waals surface area contributed by atoms with Crippen molar-refractivity contribution >= 4 is 23.5 Å². The Kier molecular flexibility index (Phi) is 5.62. The van der Waals surface area contributed by atoms with Gasteiger partial charge in [0.2, 0.25) is 5.95 Å². The third-order valence-electron chi connectivity index (χ3n) is 3.06. The molecule has 2 aromatic rings. The molecule has 0 radical (unpaired) electrons.